The second-order valence-electron chi connectivity index (χ2n) is 10.8. The number of fused-ring (bicyclic) bond motifs is 2. The molecule has 8 heteroatoms. The van der Waals surface area contributed by atoms with Gasteiger partial charge in [0, 0.05) is 25.6 Å². The highest BCUT2D eigenvalue weighted by Crippen LogP contribution is 2.57. The molecule has 5 rings (SSSR count). The summed E-state index contributed by atoms with van der Waals surface area (Å²) >= 11 is 0. The Morgan fingerprint density at radius 3 is 2.59 bits per heavy atom. The molecule has 0 fully saturated rings. The number of benzene rings is 3. The molecule has 0 bridgehead atoms. The average molecular weight is 551 g/mol. The lowest BCUT2D eigenvalue weighted by Gasteiger charge is -2.42. The predicted molar refractivity (Wildman–Crippen MR) is 154 cm³/mol. The van der Waals surface area contributed by atoms with Crippen LogP contribution in [0.15, 0.2) is 65.6 Å². The average Bonchev–Trinajstić information content (AvgIpc) is 3.01. The van der Waals surface area contributed by atoms with E-state index in [1.165, 1.54) is 11.1 Å². The molecule has 0 aliphatic carbocycles. The molecule has 2 aliphatic heterocycles. The van der Waals surface area contributed by atoms with Crippen LogP contribution in [0.25, 0.3) is 0 Å². The van der Waals surface area contributed by atoms with Crippen LogP contribution in [-0.2, 0) is 24.3 Å². The zero-order valence-electron chi connectivity index (χ0n) is 22.8. The summed E-state index contributed by atoms with van der Waals surface area (Å²) in [5.74, 6) is -0.647. The van der Waals surface area contributed by atoms with Crippen molar-refractivity contribution in [2.24, 2.45) is 0 Å². The van der Waals surface area contributed by atoms with E-state index in [2.05, 4.69) is 30.1 Å². The highest BCUT2D eigenvalue weighted by Gasteiger charge is 2.35. The normalized spacial score (nSPS) is 20.7. The van der Waals surface area contributed by atoms with E-state index in [1.807, 2.05) is 38.1 Å². The SMILES string of the molecule is CCC1CN(Cc2cc(C(CC(=O)O)c3ccc4c(c3)CN(C)CC4)ccc2C)S(O)(O)c2ccccc2O1. The van der Waals surface area contributed by atoms with E-state index in [0.29, 0.717) is 23.7 Å². The van der Waals surface area contributed by atoms with Crippen molar-refractivity contribution < 1.29 is 23.7 Å². The van der Waals surface area contributed by atoms with Gasteiger partial charge in [-0.25, -0.2) is 0 Å². The van der Waals surface area contributed by atoms with Crippen molar-refractivity contribution in [1.82, 2.24) is 9.21 Å². The topological polar surface area (TPSA) is 93.5 Å². The van der Waals surface area contributed by atoms with Crippen molar-refractivity contribution in [3.8, 4) is 5.75 Å². The van der Waals surface area contributed by atoms with E-state index in [1.54, 1.807) is 22.5 Å². The summed E-state index contributed by atoms with van der Waals surface area (Å²) < 4.78 is 30.8. The highest BCUT2D eigenvalue weighted by atomic mass is 32.3. The molecule has 0 radical (unpaired) electrons. The van der Waals surface area contributed by atoms with Crippen molar-refractivity contribution in [3.63, 3.8) is 0 Å². The van der Waals surface area contributed by atoms with Gasteiger partial charge in [-0.2, -0.15) is 4.31 Å². The van der Waals surface area contributed by atoms with Crippen LogP contribution in [0.4, 0.5) is 0 Å². The number of carboxylic acids is 1. The molecule has 2 heterocycles. The Labute approximate surface area is 232 Å². The van der Waals surface area contributed by atoms with Crippen LogP contribution >= 0.6 is 10.8 Å². The zero-order chi connectivity index (χ0) is 27.7. The number of carboxylic acid groups (broad SMARTS) is 1. The Morgan fingerprint density at radius 1 is 1.08 bits per heavy atom. The van der Waals surface area contributed by atoms with Crippen molar-refractivity contribution in [2.75, 3.05) is 20.1 Å². The van der Waals surface area contributed by atoms with Gasteiger partial charge >= 0.3 is 5.97 Å². The Balaban J connectivity index is 1.50. The number of nitrogens with zero attached hydrogens (tertiary/aromatic N) is 2. The van der Waals surface area contributed by atoms with Crippen LogP contribution in [0.5, 0.6) is 5.75 Å². The third kappa shape index (κ3) is 5.85. The minimum atomic E-state index is -3.29. The molecule has 0 spiro atoms. The van der Waals surface area contributed by atoms with Gasteiger partial charge in [0.2, 0.25) is 0 Å². The first-order valence-electron chi connectivity index (χ1n) is 13.6. The molecule has 2 atom stereocenters. The lowest BCUT2D eigenvalue weighted by molar-refractivity contribution is -0.137. The van der Waals surface area contributed by atoms with Crippen LogP contribution in [-0.4, -0.2) is 55.6 Å². The summed E-state index contributed by atoms with van der Waals surface area (Å²) in [5, 5.41) is 9.83. The van der Waals surface area contributed by atoms with E-state index in [-0.39, 0.29) is 18.4 Å². The molecule has 3 aromatic carbocycles. The molecule has 0 aromatic heterocycles. The second-order valence-corrected chi connectivity index (χ2v) is 12.8. The van der Waals surface area contributed by atoms with Gasteiger partial charge in [-0.05, 0) is 72.3 Å². The molecular formula is C31H38N2O5S. The molecule has 0 amide bonds. The fourth-order valence-corrected chi connectivity index (χ4v) is 7.25. The van der Waals surface area contributed by atoms with Gasteiger partial charge in [0.1, 0.15) is 16.7 Å². The smallest absolute Gasteiger partial charge is 0.304 e. The van der Waals surface area contributed by atoms with Crippen LogP contribution < -0.4 is 4.74 Å². The lowest BCUT2D eigenvalue weighted by atomic mass is 9.84. The van der Waals surface area contributed by atoms with Gasteiger partial charge in [-0.15, -0.1) is 10.8 Å². The molecule has 39 heavy (non-hydrogen) atoms. The maximum atomic E-state index is 12.0. The molecule has 208 valence electrons. The molecule has 2 aliphatic rings. The van der Waals surface area contributed by atoms with E-state index in [0.717, 1.165) is 48.2 Å². The van der Waals surface area contributed by atoms with Gasteiger partial charge in [0.25, 0.3) is 0 Å². The predicted octanol–water partition coefficient (Wildman–Crippen LogP) is 6.29. The third-order valence-corrected chi connectivity index (χ3v) is 9.92. The lowest BCUT2D eigenvalue weighted by Crippen LogP contribution is -2.34. The fourth-order valence-electron chi connectivity index (χ4n) is 5.63. The highest BCUT2D eigenvalue weighted by molar-refractivity contribution is 8.22. The van der Waals surface area contributed by atoms with E-state index in [4.69, 9.17) is 4.74 Å². The summed E-state index contributed by atoms with van der Waals surface area (Å²) in [6, 6.07) is 19.6. The first-order chi connectivity index (χ1) is 18.7. The van der Waals surface area contributed by atoms with E-state index in [9.17, 15) is 19.0 Å². The molecular weight excluding hydrogens is 512 g/mol. The molecule has 7 nitrogen and oxygen atoms in total. The monoisotopic (exact) mass is 550 g/mol. The third-order valence-electron chi connectivity index (χ3n) is 8.00. The Hall–Kier alpha value is -2.88. The molecule has 3 N–H and O–H groups in total. The van der Waals surface area contributed by atoms with Crippen molar-refractivity contribution in [2.45, 2.75) is 63.1 Å². The summed E-state index contributed by atoms with van der Waals surface area (Å²) in [7, 11) is -1.18. The van der Waals surface area contributed by atoms with Gasteiger partial charge in [0.15, 0.2) is 0 Å². The zero-order valence-corrected chi connectivity index (χ0v) is 23.7. The number of carbonyl (C=O) groups is 1. The number of para-hydroxylation sites is 1. The minimum absolute atomic E-state index is 0.0187. The number of hydrogen-bond donors (Lipinski definition) is 3. The van der Waals surface area contributed by atoms with Gasteiger partial charge in [0.05, 0.1) is 13.0 Å². The Morgan fingerprint density at radius 2 is 1.82 bits per heavy atom. The van der Waals surface area contributed by atoms with E-state index >= 15 is 0 Å². The number of aliphatic carboxylic acids is 1. The number of rotatable bonds is 7. The summed E-state index contributed by atoms with van der Waals surface area (Å²) in [6.45, 7) is 6.60. The number of ether oxygens (including phenoxy) is 1. The number of likely N-dealkylation sites (N-methyl/N-ethyl adjacent to an activating group) is 1. The van der Waals surface area contributed by atoms with E-state index < -0.39 is 16.7 Å². The van der Waals surface area contributed by atoms with Crippen LogP contribution in [0.2, 0.25) is 0 Å². The summed E-state index contributed by atoms with van der Waals surface area (Å²) in [4.78, 5) is 14.7. The molecule has 2 unspecified atom stereocenters. The molecule has 3 aromatic rings. The van der Waals surface area contributed by atoms with Gasteiger partial charge in [-0.3, -0.25) is 13.9 Å². The van der Waals surface area contributed by atoms with Crippen LogP contribution in [0, 0.1) is 6.92 Å². The number of hydrogen-bond acceptors (Lipinski definition) is 6. The maximum absolute atomic E-state index is 12.0. The van der Waals surface area contributed by atoms with Crippen LogP contribution in [0.3, 0.4) is 0 Å². The minimum Gasteiger partial charge on any atom is -0.487 e. The largest absolute Gasteiger partial charge is 0.487 e. The fraction of sp³-hybridized carbons (Fsp3) is 0.387. The molecule has 0 saturated carbocycles. The van der Waals surface area contributed by atoms with Crippen molar-refractivity contribution >= 4 is 16.7 Å². The Bertz CT molecular complexity index is 1360. The second kappa shape index (κ2) is 11.3. The van der Waals surface area contributed by atoms with Crippen molar-refractivity contribution in [3.05, 3.63) is 94.0 Å². The van der Waals surface area contributed by atoms with Crippen molar-refractivity contribution in [1.29, 1.82) is 0 Å². The standard InChI is InChI=1S/C31H38N2O5S/c1-4-27-20-33(39(36,37)30-8-6-5-7-29(30)38-27)19-25-15-23(10-9-21(25)2)28(17-31(34)35)24-12-11-22-13-14-32(3)18-26(22)16-24/h5-12,15-16,27-28,36-37H,4,13-14,17-20H2,1-3H3,(H,34,35). The Kier molecular flexibility index (Phi) is 8.03. The quantitative estimate of drug-likeness (QED) is 0.318. The van der Waals surface area contributed by atoms with Gasteiger partial charge in [-0.1, -0.05) is 55.5 Å². The molecule has 0 saturated heterocycles. The maximum Gasteiger partial charge on any atom is 0.304 e. The summed E-state index contributed by atoms with van der Waals surface area (Å²) in [5.41, 5.74) is 6.45. The number of aryl methyl sites for hydroxylation is 1. The van der Waals surface area contributed by atoms with Gasteiger partial charge < -0.3 is 14.7 Å². The summed E-state index contributed by atoms with van der Waals surface area (Å²) in [6.07, 6.45) is 1.53. The van der Waals surface area contributed by atoms with Crippen LogP contribution in [0.1, 0.15) is 59.1 Å². The first-order valence-corrected chi connectivity index (χ1v) is 15.1. The first kappa shape index (κ1) is 27.7.